The van der Waals surface area contributed by atoms with E-state index in [-0.39, 0.29) is 0 Å². The van der Waals surface area contributed by atoms with Gasteiger partial charge in [0.25, 0.3) is 0 Å². The average molecular weight is 231 g/mol. The van der Waals surface area contributed by atoms with E-state index < -0.39 is 0 Å². The van der Waals surface area contributed by atoms with Gasteiger partial charge in [0, 0.05) is 31.9 Å². The summed E-state index contributed by atoms with van der Waals surface area (Å²) in [5, 5.41) is 11.9. The SMILES string of the molecule is Cc1cccc2nnc(CN3CCNCC3)n12. The Morgan fingerprint density at radius 2 is 2.06 bits per heavy atom. The summed E-state index contributed by atoms with van der Waals surface area (Å²) in [6.45, 7) is 7.28. The summed E-state index contributed by atoms with van der Waals surface area (Å²) >= 11 is 0. The molecule has 0 aromatic carbocycles. The largest absolute Gasteiger partial charge is 0.314 e. The fourth-order valence-corrected chi connectivity index (χ4v) is 2.34. The van der Waals surface area contributed by atoms with Gasteiger partial charge in [0.1, 0.15) is 0 Å². The minimum atomic E-state index is 0.883. The van der Waals surface area contributed by atoms with Gasteiger partial charge in [-0.05, 0) is 19.1 Å². The number of pyridine rings is 1. The Hall–Kier alpha value is -1.46. The lowest BCUT2D eigenvalue weighted by Crippen LogP contribution is -2.43. The van der Waals surface area contributed by atoms with Crippen LogP contribution in [0.1, 0.15) is 11.5 Å². The Bertz CT molecular complexity index is 513. The molecule has 2 aromatic heterocycles. The van der Waals surface area contributed by atoms with Gasteiger partial charge in [0.2, 0.25) is 0 Å². The number of nitrogens with one attached hydrogen (secondary N) is 1. The van der Waals surface area contributed by atoms with Crippen LogP contribution >= 0.6 is 0 Å². The number of aryl methyl sites for hydroxylation is 1. The molecule has 0 atom stereocenters. The van der Waals surface area contributed by atoms with Crippen molar-refractivity contribution in [3.8, 4) is 0 Å². The molecular formula is C12H17N5. The van der Waals surface area contributed by atoms with E-state index in [0.29, 0.717) is 0 Å². The molecule has 90 valence electrons. The van der Waals surface area contributed by atoms with Crippen molar-refractivity contribution in [1.82, 2.24) is 24.8 Å². The number of nitrogens with zero attached hydrogens (tertiary/aromatic N) is 4. The first kappa shape index (κ1) is 10.7. The van der Waals surface area contributed by atoms with Crippen LogP contribution < -0.4 is 5.32 Å². The molecule has 5 nitrogen and oxygen atoms in total. The smallest absolute Gasteiger partial charge is 0.161 e. The van der Waals surface area contributed by atoms with Crippen molar-refractivity contribution < 1.29 is 0 Å². The van der Waals surface area contributed by atoms with E-state index >= 15 is 0 Å². The summed E-state index contributed by atoms with van der Waals surface area (Å²) in [6.07, 6.45) is 0. The molecule has 1 aliphatic heterocycles. The van der Waals surface area contributed by atoms with Gasteiger partial charge in [0.05, 0.1) is 6.54 Å². The van der Waals surface area contributed by atoms with Crippen LogP contribution in [-0.4, -0.2) is 45.7 Å². The van der Waals surface area contributed by atoms with Gasteiger partial charge in [-0.1, -0.05) is 6.07 Å². The van der Waals surface area contributed by atoms with Gasteiger partial charge in [-0.25, -0.2) is 0 Å². The lowest BCUT2D eigenvalue weighted by Gasteiger charge is -2.26. The maximum atomic E-state index is 4.30. The molecule has 1 aliphatic rings. The van der Waals surface area contributed by atoms with E-state index in [1.807, 2.05) is 12.1 Å². The first-order valence-corrected chi connectivity index (χ1v) is 6.07. The number of rotatable bonds is 2. The second-order valence-corrected chi connectivity index (χ2v) is 4.50. The molecule has 0 unspecified atom stereocenters. The minimum absolute atomic E-state index is 0.883. The third-order valence-electron chi connectivity index (χ3n) is 3.27. The lowest BCUT2D eigenvalue weighted by atomic mass is 10.3. The minimum Gasteiger partial charge on any atom is -0.314 e. The van der Waals surface area contributed by atoms with E-state index in [9.17, 15) is 0 Å². The number of hydrogen-bond donors (Lipinski definition) is 1. The summed E-state index contributed by atoms with van der Waals surface area (Å²) in [4.78, 5) is 2.42. The monoisotopic (exact) mass is 231 g/mol. The Labute approximate surface area is 100 Å². The molecule has 0 aliphatic carbocycles. The Kier molecular flexibility index (Phi) is 2.78. The lowest BCUT2D eigenvalue weighted by molar-refractivity contribution is 0.227. The molecule has 1 saturated heterocycles. The van der Waals surface area contributed by atoms with Crippen LogP contribution in [0.2, 0.25) is 0 Å². The summed E-state index contributed by atoms with van der Waals surface area (Å²) in [7, 11) is 0. The third kappa shape index (κ3) is 2.03. The van der Waals surface area contributed by atoms with Crippen molar-refractivity contribution in [3.05, 3.63) is 29.7 Å². The van der Waals surface area contributed by atoms with Crippen molar-refractivity contribution in [2.75, 3.05) is 26.2 Å². The highest BCUT2D eigenvalue weighted by atomic mass is 15.3. The first-order chi connectivity index (χ1) is 8.34. The molecule has 0 bridgehead atoms. The zero-order valence-corrected chi connectivity index (χ0v) is 10.1. The summed E-state index contributed by atoms with van der Waals surface area (Å²) in [5.74, 6) is 1.04. The van der Waals surface area contributed by atoms with Gasteiger partial charge in [0.15, 0.2) is 11.5 Å². The Balaban J connectivity index is 1.89. The molecule has 0 spiro atoms. The first-order valence-electron chi connectivity index (χ1n) is 6.07. The summed E-state index contributed by atoms with van der Waals surface area (Å²) in [5.41, 5.74) is 2.13. The van der Waals surface area contributed by atoms with Gasteiger partial charge in [-0.2, -0.15) is 0 Å². The third-order valence-corrected chi connectivity index (χ3v) is 3.27. The van der Waals surface area contributed by atoms with E-state index in [0.717, 1.165) is 44.2 Å². The van der Waals surface area contributed by atoms with Crippen molar-refractivity contribution in [1.29, 1.82) is 0 Å². The summed E-state index contributed by atoms with van der Waals surface area (Å²) in [6, 6.07) is 6.12. The zero-order valence-electron chi connectivity index (χ0n) is 10.1. The van der Waals surface area contributed by atoms with Crippen molar-refractivity contribution in [2.45, 2.75) is 13.5 Å². The highest BCUT2D eigenvalue weighted by Crippen LogP contribution is 2.10. The molecular weight excluding hydrogens is 214 g/mol. The van der Waals surface area contributed by atoms with Crippen LogP contribution in [0, 0.1) is 6.92 Å². The standard InChI is InChI=1S/C12H17N5/c1-10-3-2-4-11-14-15-12(17(10)11)9-16-7-5-13-6-8-16/h2-4,13H,5-9H2,1H3. The quantitative estimate of drug-likeness (QED) is 0.815. The topological polar surface area (TPSA) is 45.5 Å². The van der Waals surface area contributed by atoms with Gasteiger partial charge in [-0.15, -0.1) is 10.2 Å². The number of piperazine rings is 1. The van der Waals surface area contributed by atoms with Crippen molar-refractivity contribution in [3.63, 3.8) is 0 Å². The molecule has 1 N–H and O–H groups in total. The zero-order chi connectivity index (χ0) is 11.7. The summed E-state index contributed by atoms with van der Waals surface area (Å²) < 4.78 is 2.14. The second kappa shape index (κ2) is 4.43. The number of fused-ring (bicyclic) bond motifs is 1. The van der Waals surface area contributed by atoms with Gasteiger partial charge < -0.3 is 5.32 Å². The van der Waals surface area contributed by atoms with E-state index in [1.54, 1.807) is 0 Å². The molecule has 1 fully saturated rings. The van der Waals surface area contributed by atoms with E-state index in [2.05, 4.69) is 37.8 Å². The van der Waals surface area contributed by atoms with Crippen LogP contribution in [0.15, 0.2) is 18.2 Å². The molecule has 0 radical (unpaired) electrons. The highest BCUT2D eigenvalue weighted by molar-refractivity contribution is 5.39. The number of hydrogen-bond acceptors (Lipinski definition) is 4. The van der Waals surface area contributed by atoms with Gasteiger partial charge >= 0.3 is 0 Å². The fourth-order valence-electron chi connectivity index (χ4n) is 2.34. The Morgan fingerprint density at radius 1 is 1.24 bits per heavy atom. The van der Waals surface area contributed by atoms with E-state index in [4.69, 9.17) is 0 Å². The van der Waals surface area contributed by atoms with Crippen LogP contribution in [0.4, 0.5) is 0 Å². The number of aromatic nitrogens is 3. The Morgan fingerprint density at radius 3 is 2.88 bits per heavy atom. The normalized spacial score (nSPS) is 17.7. The van der Waals surface area contributed by atoms with Gasteiger partial charge in [-0.3, -0.25) is 9.30 Å². The van der Waals surface area contributed by atoms with Crippen LogP contribution in [0.5, 0.6) is 0 Å². The van der Waals surface area contributed by atoms with Crippen molar-refractivity contribution >= 4 is 5.65 Å². The molecule has 0 saturated carbocycles. The molecule has 0 amide bonds. The molecule has 17 heavy (non-hydrogen) atoms. The second-order valence-electron chi connectivity index (χ2n) is 4.50. The van der Waals surface area contributed by atoms with Crippen molar-refractivity contribution in [2.24, 2.45) is 0 Å². The molecule has 5 heteroatoms. The molecule has 3 heterocycles. The maximum Gasteiger partial charge on any atom is 0.161 e. The van der Waals surface area contributed by atoms with Crippen LogP contribution in [-0.2, 0) is 6.54 Å². The predicted molar refractivity (Wildman–Crippen MR) is 65.9 cm³/mol. The van der Waals surface area contributed by atoms with E-state index in [1.165, 1.54) is 5.69 Å². The average Bonchev–Trinajstić information content (AvgIpc) is 2.75. The molecule has 2 aromatic rings. The van der Waals surface area contributed by atoms with Crippen LogP contribution in [0.25, 0.3) is 5.65 Å². The predicted octanol–water partition coefficient (Wildman–Crippen LogP) is 0.443. The maximum absolute atomic E-state index is 4.30. The molecule has 3 rings (SSSR count). The fraction of sp³-hybridized carbons (Fsp3) is 0.500. The van der Waals surface area contributed by atoms with Crippen LogP contribution in [0.3, 0.4) is 0 Å². The highest BCUT2D eigenvalue weighted by Gasteiger charge is 2.14.